The molecule has 7 nitrogen and oxygen atoms in total. The van der Waals surface area contributed by atoms with Crippen LogP contribution in [0.25, 0.3) is 11.1 Å². The van der Waals surface area contributed by atoms with Crippen molar-refractivity contribution in [1.29, 1.82) is 0 Å². The average Bonchev–Trinajstić information content (AvgIpc) is 3.37. The Morgan fingerprint density at radius 2 is 2.00 bits per heavy atom. The molecule has 1 saturated carbocycles. The second kappa shape index (κ2) is 6.57. The van der Waals surface area contributed by atoms with Crippen molar-refractivity contribution in [2.24, 2.45) is 0 Å². The van der Waals surface area contributed by atoms with Gasteiger partial charge in [-0.15, -0.1) is 0 Å². The molecule has 3 rings (SSSR count). The van der Waals surface area contributed by atoms with Crippen LogP contribution in [0.3, 0.4) is 0 Å². The predicted molar refractivity (Wildman–Crippen MR) is 87.4 cm³/mol. The van der Waals surface area contributed by atoms with Gasteiger partial charge in [0.25, 0.3) is 5.56 Å². The number of aromatic nitrogens is 2. The summed E-state index contributed by atoms with van der Waals surface area (Å²) in [5.74, 6) is 0.0754. The molecule has 0 atom stereocenters. The van der Waals surface area contributed by atoms with Crippen molar-refractivity contribution in [3.05, 3.63) is 63.8 Å². The van der Waals surface area contributed by atoms with Gasteiger partial charge in [-0.2, -0.15) is 4.57 Å². The zero-order valence-corrected chi connectivity index (χ0v) is 12.9. The smallest absolute Gasteiger partial charge is 0.425 e. The Hall–Kier alpha value is -3.09. The van der Waals surface area contributed by atoms with Gasteiger partial charge in [0.05, 0.1) is 0 Å². The summed E-state index contributed by atoms with van der Waals surface area (Å²) in [5, 5.41) is 0. The molecular weight excluding hydrogens is 312 g/mol. The van der Waals surface area contributed by atoms with Crippen molar-refractivity contribution >= 4 is 6.09 Å². The number of hydrogen-bond acceptors (Lipinski definition) is 5. The quantitative estimate of drug-likeness (QED) is 0.847. The van der Waals surface area contributed by atoms with Crippen LogP contribution in [0.5, 0.6) is 5.88 Å². The van der Waals surface area contributed by atoms with Crippen molar-refractivity contribution in [1.82, 2.24) is 9.55 Å². The lowest BCUT2D eigenvalue weighted by Crippen LogP contribution is -2.41. The molecule has 124 valence electrons. The fraction of sp³-hybridized carbons (Fsp3) is 0.235. The van der Waals surface area contributed by atoms with E-state index in [4.69, 9.17) is 9.47 Å². The maximum absolute atomic E-state index is 12.8. The van der Waals surface area contributed by atoms with Crippen molar-refractivity contribution in [2.45, 2.75) is 18.9 Å². The third-order valence-corrected chi connectivity index (χ3v) is 3.45. The molecule has 0 aliphatic heterocycles. The molecule has 0 unspecified atom stereocenters. The van der Waals surface area contributed by atoms with Crippen molar-refractivity contribution < 1.29 is 14.3 Å². The first kappa shape index (κ1) is 15.8. The Morgan fingerprint density at radius 3 is 2.62 bits per heavy atom. The molecule has 0 bridgehead atoms. The summed E-state index contributed by atoms with van der Waals surface area (Å²) >= 11 is 0. The van der Waals surface area contributed by atoms with E-state index in [0.717, 1.165) is 12.8 Å². The van der Waals surface area contributed by atoms with Gasteiger partial charge in [-0.25, -0.2) is 9.59 Å². The second-order valence-electron chi connectivity index (χ2n) is 5.32. The van der Waals surface area contributed by atoms with Crippen LogP contribution in [0.4, 0.5) is 4.79 Å². The van der Waals surface area contributed by atoms with E-state index in [1.165, 1.54) is 6.08 Å². The van der Waals surface area contributed by atoms with Crippen LogP contribution in [-0.2, 0) is 4.74 Å². The number of aromatic amines is 1. The molecule has 7 heteroatoms. The van der Waals surface area contributed by atoms with E-state index in [1.807, 2.05) is 0 Å². The number of carbonyl (C=O) groups is 1. The van der Waals surface area contributed by atoms with Crippen LogP contribution in [0, 0.1) is 0 Å². The third-order valence-electron chi connectivity index (χ3n) is 3.45. The van der Waals surface area contributed by atoms with Crippen LogP contribution >= 0.6 is 0 Å². The van der Waals surface area contributed by atoms with E-state index in [-0.39, 0.29) is 24.2 Å². The molecule has 1 aliphatic rings. The minimum atomic E-state index is -1.06. The Balaban J connectivity index is 2.15. The first-order valence-electron chi connectivity index (χ1n) is 7.51. The maximum atomic E-state index is 12.8. The minimum absolute atomic E-state index is 0.0221. The van der Waals surface area contributed by atoms with E-state index in [9.17, 15) is 14.4 Å². The zero-order valence-electron chi connectivity index (χ0n) is 12.9. The van der Waals surface area contributed by atoms with Crippen LogP contribution in [-0.4, -0.2) is 28.4 Å². The van der Waals surface area contributed by atoms with Gasteiger partial charge < -0.3 is 9.47 Å². The number of nitrogens with zero attached hydrogens (tertiary/aromatic N) is 1. The molecule has 0 spiro atoms. The van der Waals surface area contributed by atoms with Crippen LogP contribution < -0.4 is 16.0 Å². The van der Waals surface area contributed by atoms with Gasteiger partial charge in [0.1, 0.15) is 18.3 Å². The SMILES string of the molecule is C=CCOC(=O)n1c(=O)[nH]c(OC2CC2)c(-c2ccccc2)c1=O. The fourth-order valence-corrected chi connectivity index (χ4v) is 2.18. The highest BCUT2D eigenvalue weighted by Gasteiger charge is 2.28. The summed E-state index contributed by atoms with van der Waals surface area (Å²) in [7, 11) is 0. The normalized spacial score (nSPS) is 13.3. The topological polar surface area (TPSA) is 90.4 Å². The largest absolute Gasteiger partial charge is 0.475 e. The minimum Gasteiger partial charge on any atom is -0.475 e. The summed E-state index contributed by atoms with van der Waals surface area (Å²) in [5.41, 5.74) is -1.02. The second-order valence-corrected chi connectivity index (χ2v) is 5.32. The number of nitrogens with one attached hydrogen (secondary N) is 1. The summed E-state index contributed by atoms with van der Waals surface area (Å²) < 4.78 is 10.9. The average molecular weight is 328 g/mol. The first-order chi connectivity index (χ1) is 11.6. The summed E-state index contributed by atoms with van der Waals surface area (Å²) in [6.07, 6.45) is 1.99. The molecule has 1 aromatic carbocycles. The number of carbonyl (C=O) groups excluding carboxylic acids is 1. The number of ether oxygens (including phenoxy) is 2. The lowest BCUT2D eigenvalue weighted by atomic mass is 10.1. The molecule has 1 fully saturated rings. The van der Waals surface area contributed by atoms with Gasteiger partial charge in [0.2, 0.25) is 5.88 Å². The van der Waals surface area contributed by atoms with Crippen LogP contribution in [0.2, 0.25) is 0 Å². The molecule has 1 heterocycles. The lowest BCUT2D eigenvalue weighted by Gasteiger charge is -2.12. The molecule has 1 aromatic heterocycles. The molecule has 0 amide bonds. The molecule has 24 heavy (non-hydrogen) atoms. The van der Waals surface area contributed by atoms with Crippen molar-refractivity contribution in [2.75, 3.05) is 6.61 Å². The summed E-state index contributed by atoms with van der Waals surface area (Å²) in [6, 6.07) is 8.71. The number of benzene rings is 1. The van der Waals surface area contributed by atoms with Gasteiger partial charge in [-0.3, -0.25) is 9.78 Å². The molecule has 1 aliphatic carbocycles. The lowest BCUT2D eigenvalue weighted by molar-refractivity contribution is 0.157. The van der Waals surface area contributed by atoms with Crippen LogP contribution in [0.1, 0.15) is 12.8 Å². The predicted octanol–water partition coefficient (Wildman–Crippen LogP) is 1.92. The van der Waals surface area contributed by atoms with Gasteiger partial charge in [0.15, 0.2) is 0 Å². The van der Waals surface area contributed by atoms with Gasteiger partial charge in [0, 0.05) is 0 Å². The van der Waals surface area contributed by atoms with E-state index in [0.29, 0.717) is 10.1 Å². The highest BCUT2D eigenvalue weighted by Crippen LogP contribution is 2.30. The van der Waals surface area contributed by atoms with E-state index < -0.39 is 17.3 Å². The number of rotatable bonds is 5. The van der Waals surface area contributed by atoms with Gasteiger partial charge in [-0.05, 0) is 18.4 Å². The van der Waals surface area contributed by atoms with Gasteiger partial charge in [-0.1, -0.05) is 43.0 Å². The highest BCUT2D eigenvalue weighted by atomic mass is 16.6. The summed E-state index contributed by atoms with van der Waals surface area (Å²) in [6.45, 7) is 3.31. The van der Waals surface area contributed by atoms with Gasteiger partial charge >= 0.3 is 11.8 Å². The molecular formula is C17H16N2O5. The Labute approximate surface area is 137 Å². The number of H-pyrrole nitrogens is 1. The fourth-order valence-electron chi connectivity index (χ4n) is 2.18. The maximum Gasteiger partial charge on any atom is 0.425 e. The van der Waals surface area contributed by atoms with Crippen molar-refractivity contribution in [3.8, 4) is 17.0 Å². The molecule has 2 aromatic rings. The zero-order chi connectivity index (χ0) is 17.1. The third kappa shape index (κ3) is 3.15. The Bertz CT molecular complexity index is 878. The molecule has 1 N–H and O–H groups in total. The van der Waals surface area contributed by atoms with E-state index in [1.54, 1.807) is 30.3 Å². The Morgan fingerprint density at radius 1 is 1.29 bits per heavy atom. The van der Waals surface area contributed by atoms with E-state index in [2.05, 4.69) is 11.6 Å². The molecule has 0 radical (unpaired) electrons. The first-order valence-corrected chi connectivity index (χ1v) is 7.51. The standard InChI is InChI=1S/C17H16N2O5/c1-2-10-23-17(22)19-15(20)13(11-6-4-3-5-7-11)14(18-16(19)21)24-12-8-9-12/h2-7,12H,1,8-10H2,(H,18,21). The van der Waals surface area contributed by atoms with Crippen molar-refractivity contribution in [3.63, 3.8) is 0 Å². The highest BCUT2D eigenvalue weighted by molar-refractivity contribution is 5.74. The van der Waals surface area contributed by atoms with Crippen LogP contribution in [0.15, 0.2) is 52.6 Å². The molecule has 0 saturated heterocycles. The Kier molecular flexibility index (Phi) is 4.33. The number of hydrogen-bond donors (Lipinski definition) is 1. The van der Waals surface area contributed by atoms with E-state index >= 15 is 0 Å². The summed E-state index contributed by atoms with van der Waals surface area (Å²) in [4.78, 5) is 39.4. The monoisotopic (exact) mass is 328 g/mol.